The third kappa shape index (κ3) is 4.35. The smallest absolute Gasteiger partial charge is 0.137 e. The maximum Gasteiger partial charge on any atom is 0.137 e. The molecule has 8 aromatic rings. The van der Waals surface area contributed by atoms with E-state index in [1.165, 1.54) is 44.5 Å². The Bertz CT molecular complexity index is 2590. The summed E-state index contributed by atoms with van der Waals surface area (Å²) in [6.07, 6.45) is 1.89. The van der Waals surface area contributed by atoms with Crippen molar-refractivity contribution in [3.63, 3.8) is 0 Å². The Hall–Kier alpha value is -5.80. The second-order valence-electron chi connectivity index (χ2n) is 14.1. The average molecular weight is 631 g/mol. The van der Waals surface area contributed by atoms with Crippen LogP contribution in [0.3, 0.4) is 0 Å². The molecule has 0 aliphatic heterocycles. The van der Waals surface area contributed by atoms with Gasteiger partial charge in [-0.1, -0.05) is 111 Å². The molecule has 1 unspecified atom stereocenters. The van der Waals surface area contributed by atoms with Crippen molar-refractivity contribution >= 4 is 21.9 Å². The Labute approximate surface area is 285 Å². The zero-order valence-electron chi connectivity index (χ0n) is 27.6. The van der Waals surface area contributed by atoms with Crippen molar-refractivity contribution in [2.75, 3.05) is 0 Å². The van der Waals surface area contributed by atoms with Crippen LogP contribution in [0, 0.1) is 0 Å². The lowest BCUT2D eigenvalue weighted by atomic mass is 9.79. The fraction of sp³-hybridized carbons (Fsp3) is 0.130. The van der Waals surface area contributed by atoms with Gasteiger partial charge in [0.1, 0.15) is 17.0 Å². The van der Waals surface area contributed by atoms with Crippen LogP contribution in [-0.2, 0) is 11.8 Å². The van der Waals surface area contributed by atoms with Gasteiger partial charge in [0.25, 0.3) is 0 Å². The van der Waals surface area contributed by atoms with E-state index in [-0.39, 0.29) is 11.3 Å². The van der Waals surface area contributed by atoms with Gasteiger partial charge < -0.3 is 4.42 Å². The van der Waals surface area contributed by atoms with Crippen molar-refractivity contribution in [3.8, 4) is 44.8 Å². The molecular formula is C46H34N2O. The van der Waals surface area contributed by atoms with Gasteiger partial charge in [0, 0.05) is 33.2 Å². The first-order valence-corrected chi connectivity index (χ1v) is 17.3. The molecule has 0 radical (unpaired) electrons. The molecular weight excluding hydrogens is 597 g/mol. The molecule has 2 aromatic heterocycles. The Balaban J connectivity index is 1.21. The fourth-order valence-electron chi connectivity index (χ4n) is 8.42. The SMILES string of the molecule is CC1(C)c2ccccc2-c2cc3c(cc21)-c1ccccc1CCC3c1nc(-c2ccccc2)cc(-c2ccc3oc4ccccc4c3c2)n1. The number of aryl methyl sites for hydroxylation is 1. The van der Waals surface area contributed by atoms with Crippen molar-refractivity contribution < 1.29 is 4.42 Å². The van der Waals surface area contributed by atoms with Crippen LogP contribution in [-0.4, -0.2) is 9.97 Å². The molecule has 0 saturated carbocycles. The predicted molar refractivity (Wildman–Crippen MR) is 200 cm³/mol. The lowest BCUT2D eigenvalue weighted by molar-refractivity contribution is 0.658. The molecule has 6 aromatic carbocycles. The van der Waals surface area contributed by atoms with Gasteiger partial charge in [-0.15, -0.1) is 0 Å². The molecule has 2 aliphatic carbocycles. The molecule has 49 heavy (non-hydrogen) atoms. The zero-order valence-corrected chi connectivity index (χ0v) is 27.6. The summed E-state index contributed by atoms with van der Waals surface area (Å²) < 4.78 is 6.18. The van der Waals surface area contributed by atoms with E-state index in [0.29, 0.717) is 0 Å². The number of hydrogen-bond acceptors (Lipinski definition) is 3. The Morgan fingerprint density at radius 3 is 2.14 bits per heavy atom. The molecule has 10 rings (SSSR count). The van der Waals surface area contributed by atoms with Crippen LogP contribution in [0.1, 0.15) is 54.3 Å². The second-order valence-corrected chi connectivity index (χ2v) is 14.1. The highest BCUT2D eigenvalue weighted by Gasteiger charge is 2.38. The Kier molecular flexibility index (Phi) is 6.11. The highest BCUT2D eigenvalue weighted by atomic mass is 16.3. The van der Waals surface area contributed by atoms with E-state index in [2.05, 4.69) is 141 Å². The topological polar surface area (TPSA) is 38.9 Å². The van der Waals surface area contributed by atoms with Gasteiger partial charge in [-0.3, -0.25) is 0 Å². The zero-order chi connectivity index (χ0) is 32.7. The minimum absolute atomic E-state index is 0.0180. The Morgan fingerprint density at radius 1 is 0.551 bits per heavy atom. The van der Waals surface area contributed by atoms with Gasteiger partial charge in [-0.05, 0) is 99.8 Å². The molecule has 0 amide bonds. The van der Waals surface area contributed by atoms with E-state index in [1.54, 1.807) is 0 Å². The summed E-state index contributed by atoms with van der Waals surface area (Å²) in [4.78, 5) is 10.8. The first-order chi connectivity index (χ1) is 24.0. The van der Waals surface area contributed by atoms with Crippen LogP contribution in [0.4, 0.5) is 0 Å². The monoisotopic (exact) mass is 630 g/mol. The molecule has 3 heteroatoms. The van der Waals surface area contributed by atoms with Gasteiger partial charge in [-0.2, -0.15) is 0 Å². The van der Waals surface area contributed by atoms with Crippen molar-refractivity contribution in [1.29, 1.82) is 0 Å². The van der Waals surface area contributed by atoms with Gasteiger partial charge in [0.15, 0.2) is 0 Å². The maximum absolute atomic E-state index is 6.18. The van der Waals surface area contributed by atoms with E-state index in [4.69, 9.17) is 14.4 Å². The van der Waals surface area contributed by atoms with Gasteiger partial charge >= 0.3 is 0 Å². The number of para-hydroxylation sites is 1. The lowest BCUT2D eigenvalue weighted by Gasteiger charge is -2.24. The van der Waals surface area contributed by atoms with Crippen LogP contribution >= 0.6 is 0 Å². The first kappa shape index (κ1) is 28.2. The average Bonchev–Trinajstić information content (AvgIpc) is 3.56. The van der Waals surface area contributed by atoms with Gasteiger partial charge in [-0.25, -0.2) is 9.97 Å². The number of nitrogens with zero attached hydrogens (tertiary/aromatic N) is 2. The van der Waals surface area contributed by atoms with Crippen molar-refractivity contribution in [2.24, 2.45) is 0 Å². The number of fused-ring (bicyclic) bond motifs is 9. The summed E-state index contributed by atoms with van der Waals surface area (Å²) in [5.74, 6) is 0.887. The summed E-state index contributed by atoms with van der Waals surface area (Å²) >= 11 is 0. The second kappa shape index (κ2) is 10.6. The number of rotatable bonds is 3. The quantitative estimate of drug-likeness (QED) is 0.195. The predicted octanol–water partition coefficient (Wildman–Crippen LogP) is 11.8. The fourth-order valence-corrected chi connectivity index (χ4v) is 8.42. The minimum atomic E-state index is -0.0789. The van der Waals surface area contributed by atoms with Crippen molar-refractivity contribution in [2.45, 2.75) is 38.0 Å². The molecule has 3 nitrogen and oxygen atoms in total. The molecule has 2 heterocycles. The Morgan fingerprint density at radius 2 is 1.27 bits per heavy atom. The van der Waals surface area contributed by atoms with E-state index < -0.39 is 0 Å². The summed E-state index contributed by atoms with van der Waals surface area (Å²) in [7, 11) is 0. The summed E-state index contributed by atoms with van der Waals surface area (Å²) in [6.45, 7) is 4.73. The van der Waals surface area contributed by atoms with Crippen LogP contribution in [0.25, 0.3) is 66.7 Å². The molecule has 2 aliphatic rings. The van der Waals surface area contributed by atoms with Crippen molar-refractivity contribution in [3.05, 3.63) is 168 Å². The number of hydrogen-bond donors (Lipinski definition) is 0. The third-order valence-electron chi connectivity index (χ3n) is 10.9. The summed E-state index contributed by atoms with van der Waals surface area (Å²) in [6, 6.07) is 50.2. The highest BCUT2D eigenvalue weighted by molar-refractivity contribution is 6.06. The minimum Gasteiger partial charge on any atom is -0.456 e. The summed E-state index contributed by atoms with van der Waals surface area (Å²) in [5, 5.41) is 2.21. The van der Waals surface area contributed by atoms with Crippen molar-refractivity contribution in [1.82, 2.24) is 9.97 Å². The van der Waals surface area contributed by atoms with Gasteiger partial charge in [0.05, 0.1) is 11.4 Å². The largest absolute Gasteiger partial charge is 0.456 e. The molecule has 0 bridgehead atoms. The van der Waals surface area contributed by atoms with E-state index >= 15 is 0 Å². The van der Waals surface area contributed by atoms with Crippen LogP contribution in [0.2, 0.25) is 0 Å². The standard InChI is InChI=1S/C46H34N2O/c1-46(2)39-18-10-8-16-32(39)37-25-35-34(22-20-28-12-6-7-15-31(28)36(35)26-40(37)46)45-47-41(29-13-4-3-5-14-29)27-42(48-45)30-21-23-44-38(24-30)33-17-9-11-19-43(33)49-44/h3-19,21,23-27,34H,20,22H2,1-2H3. The normalized spacial score (nSPS) is 15.8. The highest BCUT2D eigenvalue weighted by Crippen LogP contribution is 2.53. The molecule has 0 N–H and O–H groups in total. The number of aromatic nitrogens is 2. The van der Waals surface area contributed by atoms with E-state index in [1.807, 2.05) is 12.1 Å². The van der Waals surface area contributed by atoms with Crippen LogP contribution in [0.5, 0.6) is 0 Å². The van der Waals surface area contributed by atoms with Crippen LogP contribution in [0.15, 0.2) is 144 Å². The van der Waals surface area contributed by atoms with Gasteiger partial charge in [0.2, 0.25) is 0 Å². The summed E-state index contributed by atoms with van der Waals surface area (Å²) in [5.41, 5.74) is 16.5. The molecule has 234 valence electrons. The number of furan rings is 1. The van der Waals surface area contributed by atoms with E-state index in [0.717, 1.165) is 63.1 Å². The van der Waals surface area contributed by atoms with E-state index in [9.17, 15) is 0 Å². The first-order valence-electron chi connectivity index (χ1n) is 17.3. The maximum atomic E-state index is 6.18. The number of benzene rings is 6. The molecule has 0 fully saturated rings. The molecule has 1 atom stereocenters. The lowest BCUT2D eigenvalue weighted by Crippen LogP contribution is -2.15. The van der Waals surface area contributed by atoms with Crippen LogP contribution < -0.4 is 0 Å². The molecule has 0 saturated heterocycles. The third-order valence-corrected chi connectivity index (χ3v) is 10.9. The molecule has 0 spiro atoms.